The van der Waals surface area contributed by atoms with Crippen LogP contribution in [0.2, 0.25) is 0 Å². The van der Waals surface area contributed by atoms with Crippen LogP contribution in [0.25, 0.3) is 0 Å². The average molecular weight is 560 g/mol. The normalized spacial score (nSPS) is 13.4. The van der Waals surface area contributed by atoms with E-state index in [4.69, 9.17) is 0 Å². The van der Waals surface area contributed by atoms with E-state index in [2.05, 4.69) is 31.1 Å². The van der Waals surface area contributed by atoms with Crippen LogP contribution in [0, 0.1) is 11.6 Å². The van der Waals surface area contributed by atoms with Crippen molar-refractivity contribution in [3.8, 4) is 0 Å². The number of aromatic amines is 1. The molecule has 0 saturated heterocycles. The van der Waals surface area contributed by atoms with E-state index in [0.717, 1.165) is 24.1 Å². The van der Waals surface area contributed by atoms with Crippen molar-refractivity contribution in [3.05, 3.63) is 101 Å². The van der Waals surface area contributed by atoms with Gasteiger partial charge in [0.15, 0.2) is 17.5 Å². The Kier molecular flexibility index (Phi) is 8.23. The molecule has 1 saturated carbocycles. The summed E-state index contributed by atoms with van der Waals surface area (Å²) in [6.07, 6.45) is 2.19. The Morgan fingerprint density at radius 3 is 2.49 bits per heavy atom. The van der Waals surface area contributed by atoms with Crippen LogP contribution in [0.1, 0.15) is 58.9 Å². The number of carbonyl (C=O) groups is 2. The first-order valence-electron chi connectivity index (χ1n) is 13.4. The number of anilines is 3. The molecular weight excluding hydrogens is 528 g/mol. The molecule has 2 aromatic carbocycles. The first kappa shape index (κ1) is 27.8. The molecule has 1 unspecified atom stereocenters. The number of hydrogen-bond acceptors (Lipinski definition) is 6. The van der Waals surface area contributed by atoms with Crippen molar-refractivity contribution >= 4 is 29.3 Å². The van der Waals surface area contributed by atoms with Crippen LogP contribution in [-0.4, -0.2) is 45.5 Å². The van der Waals surface area contributed by atoms with Crippen LogP contribution in [0.5, 0.6) is 0 Å². The summed E-state index contributed by atoms with van der Waals surface area (Å²) >= 11 is 0. The molecule has 0 aliphatic heterocycles. The first-order chi connectivity index (χ1) is 19.8. The molecule has 4 N–H and O–H groups in total. The van der Waals surface area contributed by atoms with Crippen molar-refractivity contribution in [1.82, 2.24) is 25.4 Å². The Balaban J connectivity index is 1.31. The van der Waals surface area contributed by atoms with Gasteiger partial charge in [0, 0.05) is 48.4 Å². The lowest BCUT2D eigenvalue weighted by molar-refractivity contribution is -0.121. The number of hydrogen-bond donors (Lipinski definition) is 4. The average Bonchev–Trinajstić information content (AvgIpc) is 3.72. The number of amides is 2. The van der Waals surface area contributed by atoms with Crippen molar-refractivity contribution < 1.29 is 18.4 Å². The smallest absolute Gasteiger partial charge is 0.254 e. The highest BCUT2D eigenvalue weighted by molar-refractivity contribution is 5.96. The van der Waals surface area contributed by atoms with E-state index in [1.54, 1.807) is 42.5 Å². The zero-order chi connectivity index (χ0) is 28.9. The Hall–Kier alpha value is -4.80. The maximum Gasteiger partial charge on any atom is 0.254 e. The molecule has 9 nitrogen and oxygen atoms in total. The summed E-state index contributed by atoms with van der Waals surface area (Å²) < 4.78 is 28.7. The van der Waals surface area contributed by atoms with E-state index >= 15 is 4.39 Å². The molecule has 1 fully saturated rings. The number of halogens is 2. The predicted molar refractivity (Wildman–Crippen MR) is 152 cm³/mol. The molecule has 5 rings (SSSR count). The molecule has 0 bridgehead atoms. The van der Waals surface area contributed by atoms with Gasteiger partial charge in [-0.05, 0) is 55.7 Å². The van der Waals surface area contributed by atoms with Crippen molar-refractivity contribution in [2.45, 2.75) is 38.3 Å². The van der Waals surface area contributed by atoms with E-state index in [9.17, 15) is 14.0 Å². The minimum absolute atomic E-state index is 0.0316. The molecule has 0 spiro atoms. The second-order valence-corrected chi connectivity index (χ2v) is 10.2. The van der Waals surface area contributed by atoms with Crippen LogP contribution < -0.4 is 16.0 Å². The van der Waals surface area contributed by atoms with E-state index in [0.29, 0.717) is 28.7 Å². The summed E-state index contributed by atoms with van der Waals surface area (Å²) in [5.41, 5.74) is 2.66. The van der Waals surface area contributed by atoms with Gasteiger partial charge in [-0.15, -0.1) is 0 Å². The van der Waals surface area contributed by atoms with E-state index in [1.807, 2.05) is 13.0 Å². The SMILES string of the molecule is CC(Nc1nc(Nc2cc(C3CC3)[nH]n2)c(F)cc1CNC(=O)CN(C)C(=O)c1ccccc1)c1ccc(F)cc1. The third kappa shape index (κ3) is 7.05. The van der Waals surface area contributed by atoms with Gasteiger partial charge in [-0.1, -0.05) is 30.3 Å². The van der Waals surface area contributed by atoms with Crippen LogP contribution in [0.3, 0.4) is 0 Å². The Labute approximate surface area is 236 Å². The largest absolute Gasteiger partial charge is 0.363 e. The second-order valence-electron chi connectivity index (χ2n) is 10.2. The topological polar surface area (TPSA) is 115 Å². The number of nitrogens with zero attached hydrogens (tertiary/aromatic N) is 3. The van der Waals surface area contributed by atoms with E-state index < -0.39 is 11.7 Å². The van der Waals surface area contributed by atoms with Crippen LogP contribution in [0.4, 0.5) is 26.2 Å². The number of benzene rings is 2. The molecule has 1 aliphatic carbocycles. The van der Waals surface area contributed by atoms with Crippen molar-refractivity contribution in [2.24, 2.45) is 0 Å². The van der Waals surface area contributed by atoms with E-state index in [-0.39, 0.29) is 36.7 Å². The van der Waals surface area contributed by atoms with Gasteiger partial charge < -0.3 is 20.9 Å². The lowest BCUT2D eigenvalue weighted by atomic mass is 10.1. The monoisotopic (exact) mass is 559 g/mol. The summed E-state index contributed by atoms with van der Waals surface area (Å²) in [4.78, 5) is 31.1. The number of aromatic nitrogens is 3. The molecule has 1 aliphatic rings. The molecule has 41 heavy (non-hydrogen) atoms. The first-order valence-corrected chi connectivity index (χ1v) is 13.4. The molecule has 0 radical (unpaired) electrons. The Morgan fingerprint density at radius 1 is 1.05 bits per heavy atom. The number of carbonyl (C=O) groups excluding carboxylic acids is 2. The number of nitrogens with one attached hydrogen (secondary N) is 4. The fraction of sp³-hybridized carbons (Fsp3) is 0.267. The third-order valence-corrected chi connectivity index (χ3v) is 6.86. The summed E-state index contributed by atoms with van der Waals surface area (Å²) in [7, 11) is 1.54. The minimum Gasteiger partial charge on any atom is -0.363 e. The molecule has 11 heteroatoms. The van der Waals surface area contributed by atoms with Gasteiger partial charge in [0.2, 0.25) is 5.91 Å². The minimum atomic E-state index is -0.624. The zero-order valence-electron chi connectivity index (χ0n) is 22.7. The van der Waals surface area contributed by atoms with Gasteiger partial charge in [-0.25, -0.2) is 13.8 Å². The van der Waals surface area contributed by atoms with Gasteiger partial charge >= 0.3 is 0 Å². The van der Waals surface area contributed by atoms with Gasteiger partial charge in [-0.2, -0.15) is 5.10 Å². The molecule has 212 valence electrons. The van der Waals surface area contributed by atoms with Gasteiger partial charge in [0.1, 0.15) is 11.6 Å². The third-order valence-electron chi connectivity index (χ3n) is 6.86. The maximum atomic E-state index is 15.2. The van der Waals surface area contributed by atoms with Gasteiger partial charge in [0.05, 0.1) is 6.54 Å². The lowest BCUT2D eigenvalue weighted by Gasteiger charge is -2.20. The predicted octanol–water partition coefficient (Wildman–Crippen LogP) is 5.27. The quantitative estimate of drug-likeness (QED) is 0.199. The number of rotatable bonds is 11. The molecule has 2 aromatic heterocycles. The summed E-state index contributed by atoms with van der Waals surface area (Å²) in [5, 5.41) is 16.1. The number of likely N-dealkylation sites (N-methyl/N-ethyl adjacent to an activating group) is 1. The lowest BCUT2D eigenvalue weighted by Crippen LogP contribution is -2.38. The number of H-pyrrole nitrogens is 1. The molecule has 2 amide bonds. The van der Waals surface area contributed by atoms with Gasteiger partial charge in [-0.3, -0.25) is 14.7 Å². The van der Waals surface area contributed by atoms with Crippen molar-refractivity contribution in [3.63, 3.8) is 0 Å². The Morgan fingerprint density at radius 2 is 1.78 bits per heavy atom. The van der Waals surface area contributed by atoms with Crippen LogP contribution in [-0.2, 0) is 11.3 Å². The fourth-order valence-corrected chi connectivity index (χ4v) is 4.38. The number of pyridine rings is 1. The van der Waals surface area contributed by atoms with Crippen LogP contribution in [0.15, 0.2) is 66.7 Å². The Bertz CT molecular complexity index is 1520. The summed E-state index contributed by atoms with van der Waals surface area (Å²) in [6.45, 7) is 1.65. The van der Waals surface area contributed by atoms with E-state index in [1.165, 1.54) is 30.1 Å². The molecule has 1 atom stereocenters. The molecule has 2 heterocycles. The zero-order valence-corrected chi connectivity index (χ0v) is 22.7. The summed E-state index contributed by atoms with van der Waals surface area (Å²) in [6, 6.07) is 17.5. The fourth-order valence-electron chi connectivity index (χ4n) is 4.38. The van der Waals surface area contributed by atoms with Gasteiger partial charge in [0.25, 0.3) is 5.91 Å². The standard InChI is InChI=1S/C30H31F2N7O2/c1-18(19-10-12-23(31)13-11-19)34-28-22(16-33-27(40)17-39(2)30(41)21-6-4-3-5-7-21)14-24(32)29(36-28)35-26-15-25(37-38-26)20-8-9-20/h3-7,10-15,18,20H,8-9,16-17H2,1-2H3,(H,33,40)(H3,34,35,36,37,38). The molecular formula is C30H31F2N7O2. The summed E-state index contributed by atoms with van der Waals surface area (Å²) in [5.74, 6) is -0.476. The highest BCUT2D eigenvalue weighted by atomic mass is 19.1. The highest BCUT2D eigenvalue weighted by Crippen LogP contribution is 2.39. The molecule has 4 aromatic rings. The van der Waals surface area contributed by atoms with Crippen LogP contribution >= 0.6 is 0 Å². The second kappa shape index (κ2) is 12.2. The highest BCUT2D eigenvalue weighted by Gasteiger charge is 2.26. The van der Waals surface area contributed by atoms with Crippen molar-refractivity contribution in [1.29, 1.82) is 0 Å². The van der Waals surface area contributed by atoms with Crippen molar-refractivity contribution in [2.75, 3.05) is 24.2 Å². The maximum absolute atomic E-state index is 15.2.